The number of aliphatic hydroxyl groups excluding tert-OH is 1. The Labute approximate surface area is 123 Å². The molecule has 20 heavy (non-hydrogen) atoms. The van der Waals surface area contributed by atoms with Crippen molar-refractivity contribution in [2.45, 2.75) is 32.6 Å². The maximum atomic E-state index is 9.04. The summed E-state index contributed by atoms with van der Waals surface area (Å²) in [6.45, 7) is 9.64. The summed E-state index contributed by atoms with van der Waals surface area (Å²) in [6, 6.07) is 0. The van der Waals surface area contributed by atoms with E-state index in [9.17, 15) is 0 Å². The lowest BCUT2D eigenvalue weighted by atomic mass is 9.90. The molecule has 0 radical (unpaired) electrons. The Kier molecular flexibility index (Phi) is 5.81. The first-order chi connectivity index (χ1) is 9.69. The maximum Gasteiger partial charge on any atom is 0.0558 e. The van der Waals surface area contributed by atoms with Crippen LogP contribution in [-0.4, -0.2) is 36.2 Å². The fourth-order valence-corrected chi connectivity index (χ4v) is 2.93. The molecule has 0 fully saturated rings. The van der Waals surface area contributed by atoms with Gasteiger partial charge in [-0.15, -0.1) is 0 Å². The van der Waals surface area contributed by atoms with Gasteiger partial charge < -0.3 is 10.0 Å². The molecule has 1 aliphatic carbocycles. The van der Waals surface area contributed by atoms with Crippen molar-refractivity contribution in [3.63, 3.8) is 0 Å². The van der Waals surface area contributed by atoms with Crippen LogP contribution in [-0.2, 0) is 0 Å². The Morgan fingerprint density at radius 2 is 2.20 bits per heavy atom. The number of aliphatic hydroxyl groups is 1. The number of hydrogen-bond donors (Lipinski definition) is 1. The molecule has 0 saturated heterocycles. The van der Waals surface area contributed by atoms with Gasteiger partial charge in [-0.3, -0.25) is 0 Å². The summed E-state index contributed by atoms with van der Waals surface area (Å²) >= 11 is 0. The highest BCUT2D eigenvalue weighted by Crippen LogP contribution is 2.28. The van der Waals surface area contributed by atoms with Crippen molar-refractivity contribution in [1.82, 2.24) is 4.90 Å². The van der Waals surface area contributed by atoms with E-state index in [-0.39, 0.29) is 6.61 Å². The zero-order valence-corrected chi connectivity index (χ0v) is 12.6. The summed E-state index contributed by atoms with van der Waals surface area (Å²) in [6.07, 6.45) is 13.6. The van der Waals surface area contributed by atoms with Gasteiger partial charge in [-0.2, -0.15) is 0 Å². The van der Waals surface area contributed by atoms with Crippen molar-refractivity contribution in [3.8, 4) is 0 Å². The molecular weight excluding hydrogens is 246 g/mol. The maximum absolute atomic E-state index is 9.04. The van der Waals surface area contributed by atoms with E-state index >= 15 is 0 Å². The lowest BCUT2D eigenvalue weighted by molar-refractivity contribution is 0.201. The molecule has 0 aromatic carbocycles. The van der Waals surface area contributed by atoms with E-state index in [0.717, 1.165) is 45.3 Å². The molecule has 2 heteroatoms. The molecule has 0 spiro atoms. The zero-order chi connectivity index (χ0) is 14.4. The number of β-amino-alcohol motifs (C(OH)–C–C–N with tert-alkyl or cyclic N) is 1. The van der Waals surface area contributed by atoms with Crippen molar-refractivity contribution in [3.05, 3.63) is 47.6 Å². The standard InChI is InChI=1S/C18H27NO/c1-15-5-7-16(2)18(8-6-15)14-17-4-3-10-19(11-9-17)12-13-20/h4-6,8,18,20H,2-3,7,9-14H2,1H3. The van der Waals surface area contributed by atoms with Crippen LogP contribution in [0, 0.1) is 5.92 Å². The predicted octanol–water partition coefficient (Wildman–Crippen LogP) is 3.47. The highest BCUT2D eigenvalue weighted by molar-refractivity contribution is 5.28. The first-order valence-electron chi connectivity index (χ1n) is 7.73. The Balaban J connectivity index is 1.91. The van der Waals surface area contributed by atoms with Crippen LogP contribution in [0.25, 0.3) is 0 Å². The molecule has 0 bridgehead atoms. The average Bonchev–Trinajstić information content (AvgIpc) is 2.74. The second-order valence-corrected chi connectivity index (χ2v) is 5.95. The molecule has 2 nitrogen and oxygen atoms in total. The van der Waals surface area contributed by atoms with E-state index in [1.54, 1.807) is 5.57 Å². The minimum absolute atomic E-state index is 0.266. The fourth-order valence-electron chi connectivity index (χ4n) is 2.93. The molecule has 1 atom stereocenters. The van der Waals surface area contributed by atoms with E-state index in [4.69, 9.17) is 5.11 Å². The lowest BCUT2D eigenvalue weighted by Gasteiger charge is -2.19. The predicted molar refractivity (Wildman–Crippen MR) is 85.6 cm³/mol. The first-order valence-corrected chi connectivity index (χ1v) is 7.73. The fraction of sp³-hybridized carbons (Fsp3) is 0.556. The van der Waals surface area contributed by atoms with E-state index in [0.29, 0.717) is 5.92 Å². The molecule has 110 valence electrons. The zero-order valence-electron chi connectivity index (χ0n) is 12.6. The van der Waals surface area contributed by atoms with E-state index in [1.807, 2.05) is 0 Å². The molecule has 0 amide bonds. The van der Waals surface area contributed by atoms with E-state index in [2.05, 4.69) is 42.7 Å². The summed E-state index contributed by atoms with van der Waals surface area (Å²) < 4.78 is 0. The Morgan fingerprint density at radius 3 is 3.00 bits per heavy atom. The molecule has 2 rings (SSSR count). The number of rotatable bonds is 4. The quantitative estimate of drug-likeness (QED) is 0.793. The van der Waals surface area contributed by atoms with E-state index < -0.39 is 0 Å². The van der Waals surface area contributed by atoms with Gasteiger partial charge in [-0.05, 0) is 32.6 Å². The smallest absolute Gasteiger partial charge is 0.0558 e. The largest absolute Gasteiger partial charge is 0.395 e. The Hall–Kier alpha value is -1.12. The highest BCUT2D eigenvalue weighted by Gasteiger charge is 2.16. The van der Waals surface area contributed by atoms with Gasteiger partial charge in [0.25, 0.3) is 0 Å². The average molecular weight is 273 g/mol. The lowest BCUT2D eigenvalue weighted by Crippen LogP contribution is -2.28. The molecule has 0 aromatic heterocycles. The van der Waals surface area contributed by atoms with E-state index in [1.165, 1.54) is 11.1 Å². The van der Waals surface area contributed by atoms with Gasteiger partial charge >= 0.3 is 0 Å². The van der Waals surface area contributed by atoms with Crippen molar-refractivity contribution in [2.24, 2.45) is 5.92 Å². The third-order valence-electron chi connectivity index (χ3n) is 4.33. The van der Waals surface area contributed by atoms with Crippen molar-refractivity contribution in [1.29, 1.82) is 0 Å². The summed E-state index contributed by atoms with van der Waals surface area (Å²) in [5, 5.41) is 9.04. The monoisotopic (exact) mass is 273 g/mol. The second kappa shape index (κ2) is 7.61. The van der Waals surface area contributed by atoms with Crippen LogP contribution >= 0.6 is 0 Å². The van der Waals surface area contributed by atoms with Gasteiger partial charge in [-0.25, -0.2) is 0 Å². The van der Waals surface area contributed by atoms with Gasteiger partial charge in [0.15, 0.2) is 0 Å². The highest BCUT2D eigenvalue weighted by atomic mass is 16.3. The number of hydrogen-bond acceptors (Lipinski definition) is 2. The Bertz CT molecular complexity index is 431. The second-order valence-electron chi connectivity index (χ2n) is 5.95. The molecule has 0 aromatic rings. The third-order valence-corrected chi connectivity index (χ3v) is 4.33. The first kappa shape index (κ1) is 15.3. The normalized spacial score (nSPS) is 24.9. The van der Waals surface area contributed by atoms with Crippen molar-refractivity contribution >= 4 is 0 Å². The van der Waals surface area contributed by atoms with Crippen LogP contribution in [0.3, 0.4) is 0 Å². The molecule has 1 aliphatic heterocycles. The molecular formula is C18H27NO. The summed E-state index contributed by atoms with van der Waals surface area (Å²) in [5.41, 5.74) is 4.23. The van der Waals surface area contributed by atoms with Gasteiger partial charge in [0.2, 0.25) is 0 Å². The molecule has 1 unspecified atom stereocenters. The molecule has 1 heterocycles. The minimum Gasteiger partial charge on any atom is -0.395 e. The molecule has 0 saturated carbocycles. The summed E-state index contributed by atoms with van der Waals surface area (Å²) in [5.74, 6) is 0.486. The van der Waals surface area contributed by atoms with Crippen LogP contribution in [0.2, 0.25) is 0 Å². The van der Waals surface area contributed by atoms with Crippen LogP contribution in [0.1, 0.15) is 32.6 Å². The van der Waals surface area contributed by atoms with Crippen molar-refractivity contribution < 1.29 is 5.11 Å². The molecule has 1 N–H and O–H groups in total. The van der Waals surface area contributed by atoms with Gasteiger partial charge in [-0.1, -0.05) is 47.6 Å². The number of nitrogens with zero attached hydrogens (tertiary/aromatic N) is 1. The van der Waals surface area contributed by atoms with Gasteiger partial charge in [0, 0.05) is 25.6 Å². The third kappa shape index (κ3) is 4.46. The van der Waals surface area contributed by atoms with Crippen LogP contribution in [0.15, 0.2) is 47.6 Å². The molecule has 2 aliphatic rings. The number of allylic oxidation sites excluding steroid dienone is 5. The Morgan fingerprint density at radius 1 is 1.35 bits per heavy atom. The van der Waals surface area contributed by atoms with Crippen molar-refractivity contribution in [2.75, 3.05) is 26.2 Å². The minimum atomic E-state index is 0.266. The SMILES string of the molecule is C=C1CC=C(C)C=CC1CC1=CCCN(CCO)CC1. The van der Waals surface area contributed by atoms with Crippen LogP contribution in [0.4, 0.5) is 0 Å². The van der Waals surface area contributed by atoms with Gasteiger partial charge in [0.05, 0.1) is 6.61 Å². The summed E-state index contributed by atoms with van der Waals surface area (Å²) in [4.78, 5) is 2.35. The van der Waals surface area contributed by atoms with Gasteiger partial charge in [0.1, 0.15) is 0 Å². The van der Waals surface area contributed by atoms with Crippen LogP contribution in [0.5, 0.6) is 0 Å². The van der Waals surface area contributed by atoms with Crippen LogP contribution < -0.4 is 0 Å². The topological polar surface area (TPSA) is 23.5 Å². The summed E-state index contributed by atoms with van der Waals surface area (Å²) in [7, 11) is 0.